The van der Waals surface area contributed by atoms with E-state index in [1.54, 1.807) is 0 Å². The summed E-state index contributed by atoms with van der Waals surface area (Å²) in [4.78, 5) is 0. The molecule has 1 aliphatic heterocycles. The Labute approximate surface area is 87.1 Å². The number of hydrogen-bond donors (Lipinski definition) is 2. The molecule has 0 bridgehead atoms. The van der Waals surface area contributed by atoms with Crippen molar-refractivity contribution in [1.82, 2.24) is 0 Å². The molecule has 1 aliphatic rings. The molecule has 4 heteroatoms. The van der Waals surface area contributed by atoms with Crippen molar-refractivity contribution in [2.24, 2.45) is 5.73 Å². The van der Waals surface area contributed by atoms with Gasteiger partial charge in [0.15, 0.2) is 5.17 Å². The standard InChI is InChI=1S/C10H12N2OS/c11-10(12)14-9-5-6-13-8-4-2-1-3-7(8)9/h1-4,9H,5-6H2,(H3,11,12). The van der Waals surface area contributed by atoms with E-state index >= 15 is 0 Å². The second-order valence-corrected chi connectivity index (χ2v) is 4.39. The Morgan fingerprint density at radius 2 is 2.29 bits per heavy atom. The molecule has 0 spiro atoms. The van der Waals surface area contributed by atoms with Crippen LogP contribution in [0.3, 0.4) is 0 Å². The summed E-state index contributed by atoms with van der Waals surface area (Å²) in [6, 6.07) is 7.94. The third-order valence-electron chi connectivity index (χ3n) is 2.17. The number of para-hydroxylation sites is 1. The van der Waals surface area contributed by atoms with Gasteiger partial charge in [-0.2, -0.15) is 0 Å². The molecule has 0 fully saturated rings. The zero-order valence-electron chi connectivity index (χ0n) is 7.69. The number of fused-ring (bicyclic) bond motifs is 1. The van der Waals surface area contributed by atoms with Gasteiger partial charge in [-0.05, 0) is 12.5 Å². The van der Waals surface area contributed by atoms with Crippen LogP contribution in [0.15, 0.2) is 24.3 Å². The fourth-order valence-corrected chi connectivity index (χ4v) is 2.43. The lowest BCUT2D eigenvalue weighted by Crippen LogP contribution is -2.15. The first-order valence-electron chi connectivity index (χ1n) is 4.50. The fourth-order valence-electron chi connectivity index (χ4n) is 1.59. The van der Waals surface area contributed by atoms with Gasteiger partial charge in [0.25, 0.3) is 0 Å². The van der Waals surface area contributed by atoms with Crippen molar-refractivity contribution in [2.75, 3.05) is 6.61 Å². The Morgan fingerprint density at radius 1 is 1.50 bits per heavy atom. The highest BCUT2D eigenvalue weighted by atomic mass is 32.2. The van der Waals surface area contributed by atoms with Gasteiger partial charge in [0, 0.05) is 10.8 Å². The van der Waals surface area contributed by atoms with Crippen molar-refractivity contribution in [2.45, 2.75) is 11.7 Å². The van der Waals surface area contributed by atoms with E-state index in [0.717, 1.165) is 17.7 Å². The van der Waals surface area contributed by atoms with Gasteiger partial charge in [-0.1, -0.05) is 30.0 Å². The molecule has 0 radical (unpaired) electrons. The van der Waals surface area contributed by atoms with E-state index in [9.17, 15) is 0 Å². The summed E-state index contributed by atoms with van der Waals surface area (Å²) in [6.07, 6.45) is 0.918. The zero-order chi connectivity index (χ0) is 9.97. The van der Waals surface area contributed by atoms with Gasteiger partial charge in [-0.3, -0.25) is 5.41 Å². The van der Waals surface area contributed by atoms with Crippen LogP contribution in [-0.4, -0.2) is 11.8 Å². The molecule has 0 amide bonds. The van der Waals surface area contributed by atoms with Crippen LogP contribution >= 0.6 is 11.8 Å². The molecular weight excluding hydrogens is 196 g/mol. The third kappa shape index (κ3) is 1.85. The summed E-state index contributed by atoms with van der Waals surface area (Å²) >= 11 is 1.40. The predicted octanol–water partition coefficient (Wildman–Crippen LogP) is 2.14. The monoisotopic (exact) mass is 208 g/mol. The zero-order valence-corrected chi connectivity index (χ0v) is 8.51. The molecule has 14 heavy (non-hydrogen) atoms. The Bertz CT molecular complexity index is 354. The lowest BCUT2D eigenvalue weighted by atomic mass is 10.1. The maximum absolute atomic E-state index is 7.27. The van der Waals surface area contributed by atoms with Crippen molar-refractivity contribution >= 4 is 16.9 Å². The summed E-state index contributed by atoms with van der Waals surface area (Å²) in [5, 5.41) is 7.72. The molecule has 2 rings (SSSR count). The summed E-state index contributed by atoms with van der Waals surface area (Å²) < 4.78 is 5.51. The molecular formula is C10H12N2OS. The van der Waals surface area contributed by atoms with E-state index in [1.807, 2.05) is 24.3 Å². The van der Waals surface area contributed by atoms with Gasteiger partial charge < -0.3 is 10.5 Å². The maximum atomic E-state index is 7.27. The molecule has 1 atom stereocenters. The average molecular weight is 208 g/mol. The van der Waals surface area contributed by atoms with Crippen LogP contribution in [0.2, 0.25) is 0 Å². The molecule has 3 N–H and O–H groups in total. The topological polar surface area (TPSA) is 59.1 Å². The van der Waals surface area contributed by atoms with Crippen LogP contribution in [0.5, 0.6) is 5.75 Å². The van der Waals surface area contributed by atoms with E-state index in [2.05, 4.69) is 0 Å². The molecule has 0 aliphatic carbocycles. The molecule has 1 unspecified atom stereocenters. The van der Waals surface area contributed by atoms with E-state index in [-0.39, 0.29) is 10.4 Å². The molecule has 1 aromatic rings. The van der Waals surface area contributed by atoms with Crippen LogP contribution in [0.4, 0.5) is 0 Å². The summed E-state index contributed by atoms with van der Waals surface area (Å²) in [5.41, 5.74) is 6.54. The van der Waals surface area contributed by atoms with Crippen LogP contribution in [0.25, 0.3) is 0 Å². The summed E-state index contributed by atoms with van der Waals surface area (Å²) in [6.45, 7) is 0.710. The second kappa shape index (κ2) is 3.92. The van der Waals surface area contributed by atoms with Crippen LogP contribution in [0.1, 0.15) is 17.2 Å². The molecule has 0 saturated carbocycles. The van der Waals surface area contributed by atoms with E-state index in [0.29, 0.717) is 6.61 Å². The van der Waals surface area contributed by atoms with Gasteiger partial charge >= 0.3 is 0 Å². The Kier molecular flexibility index (Phi) is 2.63. The average Bonchev–Trinajstić information content (AvgIpc) is 2.18. The first-order valence-corrected chi connectivity index (χ1v) is 5.38. The third-order valence-corrected chi connectivity index (χ3v) is 3.20. The van der Waals surface area contributed by atoms with Crippen LogP contribution in [0, 0.1) is 5.41 Å². The first-order chi connectivity index (χ1) is 6.77. The molecule has 1 aromatic carbocycles. The lowest BCUT2D eigenvalue weighted by Gasteiger charge is -2.24. The molecule has 0 saturated heterocycles. The minimum absolute atomic E-state index is 0.173. The Balaban J connectivity index is 2.26. The maximum Gasteiger partial charge on any atom is 0.151 e. The normalized spacial score (nSPS) is 19.6. The summed E-state index contributed by atoms with van der Waals surface area (Å²) in [5.74, 6) is 0.928. The first kappa shape index (κ1) is 9.40. The number of rotatable bonds is 1. The van der Waals surface area contributed by atoms with E-state index in [4.69, 9.17) is 15.9 Å². The number of amidine groups is 1. The van der Waals surface area contributed by atoms with Crippen LogP contribution < -0.4 is 10.5 Å². The Hall–Kier alpha value is -1.16. The molecule has 3 nitrogen and oxygen atoms in total. The number of nitrogens with two attached hydrogens (primary N) is 1. The highest BCUT2D eigenvalue weighted by Crippen LogP contribution is 2.40. The number of nitrogens with one attached hydrogen (secondary N) is 1. The van der Waals surface area contributed by atoms with Crippen molar-refractivity contribution in [3.05, 3.63) is 29.8 Å². The highest BCUT2D eigenvalue weighted by Gasteiger charge is 2.21. The van der Waals surface area contributed by atoms with Gasteiger partial charge in [0.2, 0.25) is 0 Å². The van der Waals surface area contributed by atoms with Crippen molar-refractivity contribution in [3.8, 4) is 5.75 Å². The second-order valence-electron chi connectivity index (χ2n) is 3.15. The van der Waals surface area contributed by atoms with E-state index in [1.165, 1.54) is 11.8 Å². The highest BCUT2D eigenvalue weighted by molar-refractivity contribution is 8.13. The van der Waals surface area contributed by atoms with Crippen molar-refractivity contribution < 1.29 is 4.74 Å². The van der Waals surface area contributed by atoms with E-state index < -0.39 is 0 Å². The smallest absolute Gasteiger partial charge is 0.151 e. The summed E-state index contributed by atoms with van der Waals surface area (Å²) in [7, 11) is 0. The lowest BCUT2D eigenvalue weighted by molar-refractivity contribution is 0.286. The van der Waals surface area contributed by atoms with Crippen molar-refractivity contribution in [1.29, 1.82) is 5.41 Å². The number of hydrogen-bond acceptors (Lipinski definition) is 3. The molecule has 0 aromatic heterocycles. The largest absolute Gasteiger partial charge is 0.493 e. The molecule has 1 heterocycles. The van der Waals surface area contributed by atoms with Gasteiger partial charge in [0.05, 0.1) is 6.61 Å². The molecule has 74 valence electrons. The number of benzene rings is 1. The minimum atomic E-state index is 0.173. The van der Waals surface area contributed by atoms with Gasteiger partial charge in [0.1, 0.15) is 5.75 Å². The predicted molar refractivity (Wildman–Crippen MR) is 58.8 cm³/mol. The number of thioether (sulfide) groups is 1. The minimum Gasteiger partial charge on any atom is -0.493 e. The van der Waals surface area contributed by atoms with Gasteiger partial charge in [-0.25, -0.2) is 0 Å². The fraction of sp³-hybridized carbons (Fsp3) is 0.300. The van der Waals surface area contributed by atoms with Crippen LogP contribution in [-0.2, 0) is 0 Å². The Morgan fingerprint density at radius 3 is 3.07 bits per heavy atom. The quantitative estimate of drug-likeness (QED) is 0.549. The SMILES string of the molecule is N=C(N)SC1CCOc2ccccc21. The number of ether oxygens (including phenoxy) is 1. The van der Waals surface area contributed by atoms with Crippen molar-refractivity contribution in [3.63, 3.8) is 0 Å². The van der Waals surface area contributed by atoms with Gasteiger partial charge in [-0.15, -0.1) is 0 Å².